The zero-order valence-corrected chi connectivity index (χ0v) is 17.8. The average Bonchev–Trinajstić information content (AvgIpc) is 1.41. The molecule has 0 amide bonds. The van der Waals surface area contributed by atoms with Crippen LogP contribution in [0.4, 0.5) is 0 Å². The molecule has 0 atom stereocenters. The molecule has 0 N–H and O–H groups in total. The molecular weight excluding hydrogens is 544 g/mol. The van der Waals surface area contributed by atoms with Crippen molar-refractivity contribution >= 4 is 0 Å². The van der Waals surface area contributed by atoms with Crippen molar-refractivity contribution in [3.8, 4) is 0 Å². The van der Waals surface area contributed by atoms with E-state index >= 15 is 0 Å². The second kappa shape index (κ2) is 19.8. The van der Waals surface area contributed by atoms with Crippen LogP contribution in [0.1, 0.15) is 0 Å². The fraction of sp³-hybridized carbons (Fsp3) is 0. The third-order valence-electron chi connectivity index (χ3n) is 0. The van der Waals surface area contributed by atoms with Crippen molar-refractivity contribution in [3.63, 3.8) is 0 Å². The summed E-state index contributed by atoms with van der Waals surface area (Å²) in [5.74, 6) is 0. The summed E-state index contributed by atoms with van der Waals surface area (Å²) >= 11 is -18.0. The van der Waals surface area contributed by atoms with Gasteiger partial charge >= 0.3 is 168 Å². The van der Waals surface area contributed by atoms with E-state index < -0.39 is 54.4 Å². The Morgan fingerprint density at radius 2 is 0.263 bits per heavy atom. The van der Waals surface area contributed by atoms with E-state index in [2.05, 4.69) is 0 Å². The van der Waals surface area contributed by atoms with Gasteiger partial charge in [-0.15, -0.1) is 0 Å². The van der Waals surface area contributed by atoms with Gasteiger partial charge in [-0.25, -0.2) is 0 Å². The van der Waals surface area contributed by atoms with Gasteiger partial charge in [0.05, 0.1) is 0 Å². The predicted octanol–water partition coefficient (Wildman–Crippen LogP) is -14.3. The molecule has 0 aliphatic rings. The molecule has 0 saturated carbocycles. The summed E-state index contributed by atoms with van der Waals surface area (Å²) in [5, 5.41) is 0. The first-order valence-electron chi connectivity index (χ1n) is 2.45. The van der Waals surface area contributed by atoms with Gasteiger partial charge in [-0.3, -0.25) is 0 Å². The van der Waals surface area contributed by atoms with Crippen molar-refractivity contribution in [2.75, 3.05) is 0 Å². The molecule has 108 valence electrons. The van der Waals surface area contributed by atoms with E-state index in [-0.39, 0.29) is 69.4 Å². The Bertz CT molecular complexity index is 100.0. The fourth-order valence-electron chi connectivity index (χ4n) is 0. The average molecular weight is 544 g/mol. The summed E-state index contributed by atoms with van der Waals surface area (Å²) in [5.41, 5.74) is 0. The Labute approximate surface area is 165 Å². The van der Waals surface area contributed by atoms with E-state index in [1.165, 1.54) is 0 Å². The van der Waals surface area contributed by atoms with Crippen LogP contribution in [-0.4, -0.2) is 0 Å². The van der Waals surface area contributed by atoms with E-state index in [1.54, 1.807) is 0 Å². The standard InChI is InChI=1S/4Cr.12O.3Ti/q4*+3;12*-1;;;. The molecule has 0 aromatic rings. The number of rotatable bonds is 0. The van der Waals surface area contributed by atoms with E-state index in [0.717, 1.165) is 0 Å². The van der Waals surface area contributed by atoms with Gasteiger partial charge in [0.15, 0.2) is 0 Å². The van der Waals surface area contributed by atoms with Gasteiger partial charge in [-0.2, -0.15) is 0 Å². The molecule has 0 rings (SSSR count). The number of hydrogen-bond donors (Lipinski definition) is 0. The Kier molecular flexibility index (Phi) is 45.3. The van der Waals surface area contributed by atoms with Crippen molar-refractivity contribution < 1.29 is 168 Å². The monoisotopic (exact) mass is 544 g/mol. The van der Waals surface area contributed by atoms with E-state index in [4.69, 9.17) is 44.3 Å². The molecule has 4 radical (unpaired) electrons. The molecule has 12 nitrogen and oxygen atoms in total. The van der Waals surface area contributed by atoms with Crippen LogP contribution in [0.5, 0.6) is 0 Å². The molecule has 0 saturated heterocycles. The van der Waals surface area contributed by atoms with Crippen LogP contribution in [0.25, 0.3) is 0 Å². The maximum absolute atomic E-state index is 8.62. The van der Waals surface area contributed by atoms with Crippen LogP contribution < -0.4 is 44.3 Å². The molecule has 19 heavy (non-hydrogen) atoms. The van der Waals surface area contributed by atoms with Crippen molar-refractivity contribution in [1.82, 2.24) is 0 Å². The first-order chi connectivity index (χ1) is 6.00. The molecule has 0 spiro atoms. The first kappa shape index (κ1) is 43.4. The quantitative estimate of drug-likeness (QED) is 0.257. The Hall–Kier alpha value is 3.79. The molecule has 0 aromatic heterocycles. The summed E-state index contributed by atoms with van der Waals surface area (Å²) in [6.45, 7) is 0. The summed E-state index contributed by atoms with van der Waals surface area (Å²) in [6, 6.07) is 0. The molecule has 0 aliphatic carbocycles. The van der Waals surface area contributed by atoms with Crippen LogP contribution >= 0.6 is 0 Å². The zero-order valence-electron chi connectivity index (χ0n) is 8.03. The maximum atomic E-state index is 8.62. The van der Waals surface area contributed by atoms with Gasteiger partial charge in [-0.1, -0.05) is 0 Å². The van der Waals surface area contributed by atoms with Gasteiger partial charge < -0.3 is 0 Å². The van der Waals surface area contributed by atoms with Crippen molar-refractivity contribution in [2.45, 2.75) is 0 Å². The van der Waals surface area contributed by atoms with Gasteiger partial charge in [0.1, 0.15) is 0 Å². The van der Waals surface area contributed by atoms with Gasteiger partial charge in [-0.05, 0) is 0 Å². The summed E-state index contributed by atoms with van der Waals surface area (Å²) in [6.07, 6.45) is 0. The summed E-state index contributed by atoms with van der Waals surface area (Å²) < 4.78 is 104. The fourth-order valence-corrected chi connectivity index (χ4v) is 0. The topological polar surface area (TPSA) is 277 Å². The molecule has 0 aliphatic heterocycles. The molecule has 0 fully saturated rings. The van der Waals surface area contributed by atoms with Crippen LogP contribution in [0.3, 0.4) is 0 Å². The Morgan fingerprint density at radius 3 is 0.263 bits per heavy atom. The van der Waals surface area contributed by atoms with Crippen molar-refractivity contribution in [2.24, 2.45) is 0 Å². The molecule has 0 unspecified atom stereocenters. The van der Waals surface area contributed by atoms with Gasteiger partial charge in [0, 0.05) is 0 Å². The molecule has 19 heteroatoms. The van der Waals surface area contributed by atoms with Gasteiger partial charge in [0.25, 0.3) is 0 Å². The van der Waals surface area contributed by atoms with Gasteiger partial charge in [0.2, 0.25) is 0 Å². The molecule has 0 aromatic carbocycles. The Morgan fingerprint density at radius 1 is 0.263 bits per heavy atom. The van der Waals surface area contributed by atoms with Crippen molar-refractivity contribution in [1.29, 1.82) is 0 Å². The van der Waals surface area contributed by atoms with E-state index in [1.807, 2.05) is 0 Å². The SMILES string of the molecule is [Cr+3].[Cr+3].[Cr+3].[Cr+3].[O-][Ti]([O-])([O-])[O-].[O-][Ti]([O-])([O-])[O-].[O-][Ti]([O-])([O-])[O-]. The van der Waals surface area contributed by atoms with E-state index in [0.29, 0.717) is 0 Å². The first-order valence-corrected chi connectivity index (χ1v) is 10.1. The van der Waals surface area contributed by atoms with Crippen LogP contribution in [0, 0.1) is 0 Å². The zero-order chi connectivity index (χ0) is 13.5. The predicted molar refractivity (Wildman–Crippen MR) is 0 cm³/mol. The number of hydrogen-bond acceptors (Lipinski definition) is 12. The van der Waals surface area contributed by atoms with Crippen LogP contribution in [0.2, 0.25) is 0 Å². The van der Waals surface area contributed by atoms with Crippen LogP contribution in [-0.2, 0) is 124 Å². The minimum absolute atomic E-state index is 0. The molecule has 0 bridgehead atoms. The molecular formula is Cr4O12Ti3. The molecule has 0 heterocycles. The van der Waals surface area contributed by atoms with E-state index in [9.17, 15) is 0 Å². The minimum atomic E-state index is -6.00. The summed E-state index contributed by atoms with van der Waals surface area (Å²) in [7, 11) is 0. The second-order valence-corrected chi connectivity index (χ2v) is 6.18. The summed E-state index contributed by atoms with van der Waals surface area (Å²) in [4.78, 5) is 0. The third-order valence-corrected chi connectivity index (χ3v) is 0. The van der Waals surface area contributed by atoms with Crippen LogP contribution in [0.15, 0.2) is 0 Å². The normalized spacial score (nSPS) is 9.47. The third kappa shape index (κ3) is 593. The van der Waals surface area contributed by atoms with Crippen molar-refractivity contribution in [3.05, 3.63) is 0 Å². The Balaban J connectivity index is -0.0000000206. The second-order valence-electron chi connectivity index (χ2n) is 1.50.